The van der Waals surface area contributed by atoms with Crippen molar-refractivity contribution in [3.63, 3.8) is 0 Å². The van der Waals surface area contributed by atoms with Crippen LogP contribution in [0.3, 0.4) is 0 Å². The van der Waals surface area contributed by atoms with E-state index in [4.69, 9.17) is 4.74 Å². The molecule has 2 aromatic rings. The van der Waals surface area contributed by atoms with Crippen molar-refractivity contribution in [3.8, 4) is 0 Å². The molecule has 1 N–H and O–H groups in total. The minimum Gasteiger partial charge on any atom is -0.379 e. The van der Waals surface area contributed by atoms with Crippen LogP contribution in [-0.2, 0) is 21.2 Å². The molecule has 9 heteroatoms. The second-order valence-electron chi connectivity index (χ2n) is 6.96. The first kappa shape index (κ1) is 19.0. The molecule has 0 radical (unpaired) electrons. The second kappa shape index (κ2) is 7.57. The first-order chi connectivity index (χ1) is 13.5. The van der Waals surface area contributed by atoms with Gasteiger partial charge in [0.15, 0.2) is 0 Å². The minimum absolute atomic E-state index is 0.234. The van der Waals surface area contributed by atoms with Crippen LogP contribution in [0.5, 0.6) is 0 Å². The third kappa shape index (κ3) is 3.52. The fourth-order valence-electron chi connectivity index (χ4n) is 3.68. The van der Waals surface area contributed by atoms with Crippen LogP contribution in [0.15, 0.2) is 35.6 Å². The van der Waals surface area contributed by atoms with E-state index in [1.807, 2.05) is 6.07 Å². The van der Waals surface area contributed by atoms with E-state index < -0.39 is 10.0 Å². The molecular weight excluding hydrogens is 380 g/mol. The fraction of sp³-hybridized carbons (Fsp3) is 0.421. The smallest absolute Gasteiger partial charge is 0.255 e. The van der Waals surface area contributed by atoms with Crippen molar-refractivity contribution in [2.75, 3.05) is 26.3 Å². The quantitative estimate of drug-likeness (QED) is 0.825. The number of ether oxygens (including phenoxy) is 1. The van der Waals surface area contributed by atoms with Gasteiger partial charge in [-0.2, -0.15) is 4.31 Å². The molecular formula is C19H22N4O4S. The Labute approximate surface area is 164 Å². The van der Waals surface area contributed by atoms with Gasteiger partial charge >= 0.3 is 0 Å². The van der Waals surface area contributed by atoms with Gasteiger partial charge in [-0.1, -0.05) is 6.07 Å². The highest BCUT2D eigenvalue weighted by molar-refractivity contribution is 7.89. The Balaban J connectivity index is 1.58. The van der Waals surface area contributed by atoms with Crippen molar-refractivity contribution in [1.29, 1.82) is 0 Å². The summed E-state index contributed by atoms with van der Waals surface area (Å²) < 4.78 is 32.6. The number of nitrogens with zero attached hydrogens (tertiary/aromatic N) is 3. The van der Waals surface area contributed by atoms with E-state index in [0.717, 1.165) is 24.0 Å². The molecule has 1 fully saturated rings. The van der Waals surface area contributed by atoms with Crippen LogP contribution < -0.4 is 5.32 Å². The van der Waals surface area contributed by atoms with Gasteiger partial charge in [0.25, 0.3) is 5.91 Å². The van der Waals surface area contributed by atoms with E-state index in [2.05, 4.69) is 15.3 Å². The van der Waals surface area contributed by atoms with Crippen molar-refractivity contribution >= 4 is 15.9 Å². The molecule has 4 rings (SSSR count). The standard InChI is InChI=1S/C19H22N4O4S/c1-13-17(11-20-12-21-13)19(24)22-18-5-3-14-2-4-15(10-16(14)18)28(25,26)23-6-8-27-9-7-23/h2,4,10-12,18H,3,5-9H2,1H3,(H,22,24)/t18-/m1/s1. The normalized spacial score (nSPS) is 20.0. The first-order valence-corrected chi connectivity index (χ1v) is 10.7. The van der Waals surface area contributed by atoms with Crippen molar-refractivity contribution in [3.05, 3.63) is 53.1 Å². The van der Waals surface area contributed by atoms with E-state index >= 15 is 0 Å². The number of morpholine rings is 1. The molecule has 0 unspecified atom stereocenters. The maximum absolute atomic E-state index is 12.9. The third-order valence-corrected chi connectivity index (χ3v) is 7.16. The number of amides is 1. The van der Waals surface area contributed by atoms with Gasteiger partial charge in [0.05, 0.1) is 35.4 Å². The summed E-state index contributed by atoms with van der Waals surface area (Å²) in [5.41, 5.74) is 2.95. The zero-order chi connectivity index (χ0) is 19.7. The Morgan fingerprint density at radius 2 is 2.07 bits per heavy atom. The summed E-state index contributed by atoms with van der Waals surface area (Å²) in [7, 11) is -3.57. The molecule has 28 heavy (non-hydrogen) atoms. The fourth-order valence-corrected chi connectivity index (χ4v) is 5.12. The van der Waals surface area contributed by atoms with Gasteiger partial charge in [0.2, 0.25) is 10.0 Å². The zero-order valence-corrected chi connectivity index (χ0v) is 16.4. The first-order valence-electron chi connectivity index (χ1n) is 9.25. The number of nitrogens with one attached hydrogen (secondary N) is 1. The number of carbonyl (C=O) groups is 1. The van der Waals surface area contributed by atoms with Crippen LogP contribution in [0.25, 0.3) is 0 Å². The molecule has 8 nitrogen and oxygen atoms in total. The van der Waals surface area contributed by atoms with Gasteiger partial charge in [0.1, 0.15) is 6.33 Å². The Morgan fingerprint density at radius 3 is 2.82 bits per heavy atom. The van der Waals surface area contributed by atoms with Crippen LogP contribution in [0.4, 0.5) is 0 Å². The number of carbonyl (C=O) groups excluding carboxylic acids is 1. The highest BCUT2D eigenvalue weighted by Crippen LogP contribution is 2.34. The van der Waals surface area contributed by atoms with Crippen molar-refractivity contribution < 1.29 is 17.9 Å². The molecule has 1 aliphatic carbocycles. The molecule has 1 aliphatic heterocycles. The summed E-state index contributed by atoms with van der Waals surface area (Å²) in [4.78, 5) is 20.9. The van der Waals surface area contributed by atoms with Gasteiger partial charge in [-0.15, -0.1) is 0 Å². The average Bonchev–Trinajstić information content (AvgIpc) is 3.11. The molecule has 1 atom stereocenters. The SMILES string of the molecule is Cc1ncncc1C(=O)N[C@@H]1CCc2ccc(S(=O)(=O)N3CCOCC3)cc21. The Kier molecular flexibility index (Phi) is 5.13. The number of rotatable bonds is 4. The summed E-state index contributed by atoms with van der Waals surface area (Å²) >= 11 is 0. The van der Waals surface area contributed by atoms with Crippen molar-refractivity contribution in [2.24, 2.45) is 0 Å². The van der Waals surface area contributed by atoms with Gasteiger partial charge in [-0.3, -0.25) is 4.79 Å². The van der Waals surface area contributed by atoms with E-state index in [9.17, 15) is 13.2 Å². The van der Waals surface area contributed by atoms with Crippen molar-refractivity contribution in [1.82, 2.24) is 19.6 Å². The highest BCUT2D eigenvalue weighted by Gasteiger charge is 2.30. The lowest BCUT2D eigenvalue weighted by molar-refractivity contribution is 0.0730. The largest absolute Gasteiger partial charge is 0.379 e. The Hall–Kier alpha value is -2.36. The Bertz CT molecular complexity index is 1000. The van der Waals surface area contributed by atoms with Crippen LogP contribution in [0, 0.1) is 6.92 Å². The van der Waals surface area contributed by atoms with E-state index in [1.165, 1.54) is 16.8 Å². The molecule has 2 heterocycles. The van der Waals surface area contributed by atoms with Crippen LogP contribution in [0.1, 0.15) is 39.6 Å². The topological polar surface area (TPSA) is 101 Å². The molecule has 0 spiro atoms. The molecule has 1 aromatic carbocycles. The van der Waals surface area contributed by atoms with Crippen LogP contribution >= 0.6 is 0 Å². The maximum Gasteiger partial charge on any atom is 0.255 e. The molecule has 1 amide bonds. The molecule has 148 valence electrons. The van der Waals surface area contributed by atoms with E-state index in [-0.39, 0.29) is 16.8 Å². The molecule has 2 aliphatic rings. The Morgan fingerprint density at radius 1 is 1.29 bits per heavy atom. The summed E-state index contributed by atoms with van der Waals surface area (Å²) in [5, 5.41) is 3.00. The second-order valence-corrected chi connectivity index (χ2v) is 8.90. The lowest BCUT2D eigenvalue weighted by atomic mass is 10.1. The minimum atomic E-state index is -3.57. The number of sulfonamides is 1. The van der Waals surface area contributed by atoms with Crippen molar-refractivity contribution in [2.45, 2.75) is 30.7 Å². The van der Waals surface area contributed by atoms with Gasteiger partial charge in [-0.05, 0) is 43.0 Å². The predicted octanol–water partition coefficient (Wildman–Crippen LogP) is 1.22. The lowest BCUT2D eigenvalue weighted by Gasteiger charge is -2.26. The van der Waals surface area contributed by atoms with Crippen LogP contribution in [-0.4, -0.2) is 54.9 Å². The molecule has 0 saturated carbocycles. The van der Waals surface area contributed by atoms with Gasteiger partial charge in [0, 0.05) is 19.3 Å². The number of hydrogen-bond acceptors (Lipinski definition) is 6. The van der Waals surface area contributed by atoms with E-state index in [0.29, 0.717) is 37.6 Å². The average molecular weight is 402 g/mol. The lowest BCUT2D eigenvalue weighted by Crippen LogP contribution is -2.40. The third-order valence-electron chi connectivity index (χ3n) is 5.26. The number of benzene rings is 1. The number of aryl methyl sites for hydroxylation is 2. The molecule has 1 saturated heterocycles. The number of hydrogen-bond donors (Lipinski definition) is 1. The summed E-state index contributed by atoms with van der Waals surface area (Å²) in [6.45, 7) is 3.27. The predicted molar refractivity (Wildman–Crippen MR) is 101 cm³/mol. The monoisotopic (exact) mass is 402 g/mol. The summed E-state index contributed by atoms with van der Waals surface area (Å²) in [6.07, 6.45) is 4.42. The number of fused-ring (bicyclic) bond motifs is 1. The van der Waals surface area contributed by atoms with Crippen LogP contribution in [0.2, 0.25) is 0 Å². The summed E-state index contributed by atoms with van der Waals surface area (Å²) in [6, 6.07) is 4.98. The summed E-state index contributed by atoms with van der Waals surface area (Å²) in [5.74, 6) is -0.252. The number of aromatic nitrogens is 2. The highest BCUT2D eigenvalue weighted by atomic mass is 32.2. The molecule has 0 bridgehead atoms. The zero-order valence-electron chi connectivity index (χ0n) is 15.6. The van der Waals surface area contributed by atoms with Gasteiger partial charge in [-0.25, -0.2) is 18.4 Å². The van der Waals surface area contributed by atoms with Gasteiger partial charge < -0.3 is 10.1 Å². The van der Waals surface area contributed by atoms with E-state index in [1.54, 1.807) is 19.1 Å². The molecule has 1 aromatic heterocycles. The maximum atomic E-state index is 12.9.